The van der Waals surface area contributed by atoms with E-state index >= 15 is 0 Å². The van der Waals surface area contributed by atoms with Crippen LogP contribution in [0.1, 0.15) is 24.9 Å². The molecule has 96 valence electrons. The number of aromatic nitrogens is 2. The molecular weight excluding hydrogens is 405 g/mol. The normalized spacial score (nSPS) is 14.4. The molecule has 0 saturated carbocycles. The second-order valence-electron chi connectivity index (χ2n) is 4.21. The molecule has 1 aromatic heterocycles. The summed E-state index contributed by atoms with van der Waals surface area (Å²) in [6.07, 6.45) is 4.79. The van der Waals surface area contributed by atoms with E-state index in [2.05, 4.69) is 62.7 Å². The van der Waals surface area contributed by atoms with Gasteiger partial charge in [0, 0.05) is 16.7 Å². The molecule has 0 aliphatic rings. The molecule has 0 radical (unpaired) electrons. The van der Waals surface area contributed by atoms with E-state index in [4.69, 9.17) is 5.73 Å². The number of nitrogens with two attached hydrogens (primary N) is 1. The molecule has 0 aliphatic carbocycles. The Morgan fingerprint density at radius 1 is 1.50 bits per heavy atom. The summed E-state index contributed by atoms with van der Waals surface area (Å²) in [5.41, 5.74) is 7.44. The molecule has 0 fully saturated rings. The highest BCUT2D eigenvalue weighted by Crippen LogP contribution is 2.25. The summed E-state index contributed by atoms with van der Waals surface area (Å²) in [6, 6.07) is 8.38. The monoisotopic (exact) mass is 419 g/mol. The Morgan fingerprint density at radius 3 is 2.83 bits per heavy atom. The molecule has 0 saturated heterocycles. The van der Waals surface area contributed by atoms with Crippen LogP contribution in [0, 0.1) is 3.57 Å². The van der Waals surface area contributed by atoms with Gasteiger partial charge in [-0.2, -0.15) is 5.10 Å². The molecule has 3 nitrogen and oxygen atoms in total. The van der Waals surface area contributed by atoms with E-state index in [0.29, 0.717) is 0 Å². The van der Waals surface area contributed by atoms with Crippen molar-refractivity contribution >= 4 is 38.5 Å². The van der Waals surface area contributed by atoms with E-state index in [0.717, 1.165) is 14.5 Å². The molecule has 1 heterocycles. The van der Waals surface area contributed by atoms with E-state index in [1.54, 1.807) is 0 Å². The van der Waals surface area contributed by atoms with Crippen LogP contribution in [0.4, 0.5) is 0 Å². The van der Waals surface area contributed by atoms with Crippen molar-refractivity contribution in [2.75, 3.05) is 0 Å². The highest BCUT2D eigenvalue weighted by Gasteiger charge is 2.21. The summed E-state index contributed by atoms with van der Waals surface area (Å²) in [5, 5.41) is 4.41. The fourth-order valence-corrected chi connectivity index (χ4v) is 2.80. The van der Waals surface area contributed by atoms with Crippen LogP contribution in [0.15, 0.2) is 41.1 Å². The molecule has 1 aromatic carbocycles. The smallest absolute Gasteiger partial charge is 0.0919 e. The maximum Gasteiger partial charge on any atom is 0.0919 e. The summed E-state index contributed by atoms with van der Waals surface area (Å²) in [5.74, 6) is 0. The SMILES string of the molecule is CCC(N)C(c1cccc(Br)c1)n1cc(I)cn1. The fraction of sp³-hybridized carbons (Fsp3) is 0.308. The number of benzene rings is 1. The Hall–Kier alpha value is -0.400. The van der Waals surface area contributed by atoms with Gasteiger partial charge in [-0.25, -0.2) is 0 Å². The van der Waals surface area contributed by atoms with Crippen molar-refractivity contribution in [3.63, 3.8) is 0 Å². The first kappa shape index (κ1) is 14.0. The van der Waals surface area contributed by atoms with Crippen LogP contribution in [-0.2, 0) is 0 Å². The summed E-state index contributed by atoms with van der Waals surface area (Å²) >= 11 is 5.77. The van der Waals surface area contributed by atoms with Crippen LogP contribution in [0.25, 0.3) is 0 Å². The molecule has 0 bridgehead atoms. The molecule has 0 spiro atoms. The van der Waals surface area contributed by atoms with Gasteiger partial charge in [0.05, 0.1) is 15.8 Å². The maximum absolute atomic E-state index is 6.26. The lowest BCUT2D eigenvalue weighted by molar-refractivity contribution is 0.424. The van der Waals surface area contributed by atoms with Crippen LogP contribution in [0.3, 0.4) is 0 Å². The van der Waals surface area contributed by atoms with E-state index in [1.165, 1.54) is 5.56 Å². The summed E-state index contributed by atoms with van der Waals surface area (Å²) in [7, 11) is 0. The topological polar surface area (TPSA) is 43.8 Å². The lowest BCUT2D eigenvalue weighted by atomic mass is 9.98. The third-order valence-corrected chi connectivity index (χ3v) is 3.97. The van der Waals surface area contributed by atoms with Gasteiger partial charge in [0.1, 0.15) is 0 Å². The molecule has 2 unspecified atom stereocenters. The Kier molecular flexibility index (Phi) is 4.80. The van der Waals surface area contributed by atoms with Gasteiger partial charge >= 0.3 is 0 Å². The van der Waals surface area contributed by atoms with Crippen LogP contribution < -0.4 is 5.73 Å². The molecular formula is C13H15BrIN3. The first-order valence-electron chi connectivity index (χ1n) is 5.82. The molecule has 2 aromatic rings. The zero-order valence-electron chi connectivity index (χ0n) is 10.1. The van der Waals surface area contributed by atoms with Crippen molar-refractivity contribution in [2.24, 2.45) is 5.73 Å². The third-order valence-electron chi connectivity index (χ3n) is 2.92. The summed E-state index contributed by atoms with van der Waals surface area (Å²) < 4.78 is 4.14. The summed E-state index contributed by atoms with van der Waals surface area (Å²) in [4.78, 5) is 0. The van der Waals surface area contributed by atoms with Crippen molar-refractivity contribution < 1.29 is 0 Å². The van der Waals surface area contributed by atoms with Gasteiger partial charge in [-0.3, -0.25) is 4.68 Å². The first-order valence-corrected chi connectivity index (χ1v) is 7.69. The zero-order chi connectivity index (χ0) is 13.1. The molecule has 18 heavy (non-hydrogen) atoms. The maximum atomic E-state index is 6.26. The van der Waals surface area contributed by atoms with Gasteiger partial charge in [-0.05, 0) is 46.7 Å². The Labute approximate surface area is 129 Å². The van der Waals surface area contributed by atoms with Gasteiger partial charge in [0.2, 0.25) is 0 Å². The van der Waals surface area contributed by atoms with Gasteiger partial charge in [-0.15, -0.1) is 0 Å². The standard InChI is InChI=1S/C13H15BrIN3/c1-2-12(16)13(18-8-11(15)7-17-18)9-4-3-5-10(14)6-9/h3-8,12-13H,2,16H2,1H3. The number of halogens is 2. The third kappa shape index (κ3) is 3.13. The minimum atomic E-state index is 0.0509. The quantitative estimate of drug-likeness (QED) is 0.769. The Bertz CT molecular complexity index is 526. The number of hydrogen-bond acceptors (Lipinski definition) is 2. The molecule has 2 rings (SSSR count). The lowest BCUT2D eigenvalue weighted by Gasteiger charge is -2.24. The van der Waals surface area contributed by atoms with Crippen molar-refractivity contribution in [1.29, 1.82) is 0 Å². The number of hydrogen-bond donors (Lipinski definition) is 1. The van der Waals surface area contributed by atoms with E-state index in [1.807, 2.05) is 29.2 Å². The Balaban J connectivity index is 2.43. The van der Waals surface area contributed by atoms with Crippen molar-refractivity contribution in [2.45, 2.75) is 25.4 Å². The highest BCUT2D eigenvalue weighted by atomic mass is 127. The first-order chi connectivity index (χ1) is 8.61. The van der Waals surface area contributed by atoms with Crippen molar-refractivity contribution in [3.8, 4) is 0 Å². The van der Waals surface area contributed by atoms with Gasteiger partial charge < -0.3 is 5.73 Å². The second kappa shape index (κ2) is 6.16. The van der Waals surface area contributed by atoms with Crippen LogP contribution in [0.5, 0.6) is 0 Å². The molecule has 0 amide bonds. The van der Waals surface area contributed by atoms with Crippen molar-refractivity contribution in [3.05, 3.63) is 50.3 Å². The highest BCUT2D eigenvalue weighted by molar-refractivity contribution is 14.1. The molecule has 5 heteroatoms. The average molecular weight is 420 g/mol. The number of rotatable bonds is 4. The molecule has 2 N–H and O–H groups in total. The van der Waals surface area contributed by atoms with Crippen LogP contribution in [0.2, 0.25) is 0 Å². The predicted octanol–water partition coefficient (Wildman–Crippen LogP) is 3.58. The van der Waals surface area contributed by atoms with Crippen molar-refractivity contribution in [1.82, 2.24) is 9.78 Å². The molecule has 2 atom stereocenters. The minimum Gasteiger partial charge on any atom is -0.326 e. The van der Waals surface area contributed by atoms with Gasteiger partial charge in [0.25, 0.3) is 0 Å². The van der Waals surface area contributed by atoms with Crippen LogP contribution in [-0.4, -0.2) is 15.8 Å². The fourth-order valence-electron chi connectivity index (χ4n) is 1.98. The lowest BCUT2D eigenvalue weighted by Crippen LogP contribution is -2.32. The minimum absolute atomic E-state index is 0.0509. The predicted molar refractivity (Wildman–Crippen MR) is 85.5 cm³/mol. The van der Waals surface area contributed by atoms with Crippen LogP contribution >= 0.6 is 38.5 Å². The largest absolute Gasteiger partial charge is 0.326 e. The molecule has 0 aliphatic heterocycles. The average Bonchev–Trinajstić information content (AvgIpc) is 2.76. The van der Waals surface area contributed by atoms with E-state index in [-0.39, 0.29) is 12.1 Å². The summed E-state index contributed by atoms with van der Waals surface area (Å²) in [6.45, 7) is 2.10. The van der Waals surface area contributed by atoms with Gasteiger partial charge in [0.15, 0.2) is 0 Å². The number of nitrogens with zero attached hydrogens (tertiary/aromatic N) is 2. The second-order valence-corrected chi connectivity index (χ2v) is 6.37. The van der Waals surface area contributed by atoms with Gasteiger partial charge in [-0.1, -0.05) is 35.0 Å². The van der Waals surface area contributed by atoms with E-state index in [9.17, 15) is 0 Å². The zero-order valence-corrected chi connectivity index (χ0v) is 13.8. The van der Waals surface area contributed by atoms with E-state index < -0.39 is 0 Å². The Morgan fingerprint density at radius 2 is 2.28 bits per heavy atom.